The average molecular weight is 399 g/mol. The summed E-state index contributed by atoms with van der Waals surface area (Å²) >= 11 is 14.7. The molecule has 0 bridgehead atoms. The highest BCUT2D eigenvalue weighted by atomic mass is 79.9. The van der Waals surface area contributed by atoms with Crippen LogP contribution in [0.2, 0.25) is 10.0 Å². The molecule has 106 valence electrons. The Morgan fingerprint density at radius 2 is 1.80 bits per heavy atom. The molecule has 0 aliphatic heterocycles. The van der Waals surface area contributed by atoms with E-state index in [-0.39, 0.29) is 20.6 Å². The van der Waals surface area contributed by atoms with Crippen molar-refractivity contribution in [1.29, 1.82) is 0 Å². The minimum atomic E-state index is -3.92. The van der Waals surface area contributed by atoms with Crippen molar-refractivity contribution in [3.05, 3.63) is 56.7 Å². The average Bonchev–Trinajstić information content (AvgIpc) is 2.25. The van der Waals surface area contributed by atoms with Gasteiger partial charge in [-0.05, 0) is 36.4 Å². The van der Waals surface area contributed by atoms with E-state index in [2.05, 4.69) is 20.7 Å². The molecule has 0 fully saturated rings. The third-order valence-corrected chi connectivity index (χ3v) is 4.87. The quantitative estimate of drug-likeness (QED) is 0.814. The lowest BCUT2D eigenvalue weighted by molar-refractivity contribution is 0.601. The smallest absolute Gasteiger partial charge is 0.263 e. The third-order valence-electron chi connectivity index (χ3n) is 2.30. The van der Waals surface area contributed by atoms with E-state index in [4.69, 9.17) is 23.2 Å². The minimum Gasteiger partial charge on any atom is -0.279 e. The Hall–Kier alpha value is -0.820. The van der Waals surface area contributed by atoms with Gasteiger partial charge in [0.2, 0.25) is 0 Å². The maximum atomic E-state index is 13.2. The van der Waals surface area contributed by atoms with Crippen LogP contribution in [0.25, 0.3) is 0 Å². The molecular formula is C12H7BrCl2FNO2S. The lowest BCUT2D eigenvalue weighted by Gasteiger charge is -2.10. The van der Waals surface area contributed by atoms with Gasteiger partial charge in [0.1, 0.15) is 10.7 Å². The summed E-state index contributed by atoms with van der Waals surface area (Å²) in [6, 6.07) is 7.74. The molecule has 0 saturated heterocycles. The van der Waals surface area contributed by atoms with Gasteiger partial charge >= 0.3 is 0 Å². The Morgan fingerprint density at radius 3 is 2.40 bits per heavy atom. The molecule has 0 amide bonds. The molecule has 20 heavy (non-hydrogen) atoms. The molecule has 0 saturated carbocycles. The molecule has 0 spiro atoms. The number of hydrogen-bond acceptors (Lipinski definition) is 2. The van der Waals surface area contributed by atoms with Crippen molar-refractivity contribution in [2.45, 2.75) is 4.90 Å². The highest BCUT2D eigenvalue weighted by Gasteiger charge is 2.18. The fraction of sp³-hybridized carbons (Fsp3) is 0. The third kappa shape index (κ3) is 3.63. The molecular weight excluding hydrogens is 392 g/mol. The maximum Gasteiger partial charge on any atom is 0.263 e. The second-order valence-electron chi connectivity index (χ2n) is 3.84. The van der Waals surface area contributed by atoms with Crippen molar-refractivity contribution in [3.63, 3.8) is 0 Å². The van der Waals surface area contributed by atoms with Gasteiger partial charge in [-0.3, -0.25) is 4.72 Å². The summed E-state index contributed by atoms with van der Waals surface area (Å²) in [5.74, 6) is -0.642. The molecule has 0 aliphatic carbocycles. The van der Waals surface area contributed by atoms with Crippen LogP contribution in [0.4, 0.5) is 10.1 Å². The van der Waals surface area contributed by atoms with Crippen LogP contribution in [-0.2, 0) is 10.0 Å². The fourth-order valence-corrected chi connectivity index (χ4v) is 3.82. The lowest BCUT2D eigenvalue weighted by atomic mass is 10.3. The zero-order valence-corrected chi connectivity index (χ0v) is 13.6. The molecule has 3 nitrogen and oxygen atoms in total. The zero-order chi connectivity index (χ0) is 14.9. The van der Waals surface area contributed by atoms with Crippen molar-refractivity contribution in [3.8, 4) is 0 Å². The van der Waals surface area contributed by atoms with E-state index < -0.39 is 15.8 Å². The van der Waals surface area contributed by atoms with E-state index in [0.29, 0.717) is 4.47 Å². The van der Waals surface area contributed by atoms with Crippen molar-refractivity contribution < 1.29 is 12.8 Å². The van der Waals surface area contributed by atoms with Gasteiger partial charge < -0.3 is 0 Å². The van der Waals surface area contributed by atoms with Gasteiger partial charge in [-0.25, -0.2) is 12.8 Å². The summed E-state index contributed by atoms with van der Waals surface area (Å²) in [6.45, 7) is 0. The van der Waals surface area contributed by atoms with Crippen LogP contribution in [0.5, 0.6) is 0 Å². The largest absolute Gasteiger partial charge is 0.279 e. The summed E-state index contributed by atoms with van der Waals surface area (Å²) in [5, 5.41) is 0.138. The van der Waals surface area contributed by atoms with E-state index in [1.807, 2.05) is 0 Å². The van der Waals surface area contributed by atoms with Crippen LogP contribution in [0.15, 0.2) is 45.8 Å². The standard InChI is InChI=1S/C12H7BrCl2FNO2S/c13-7-1-2-12(11(15)3-7)20(18,19)17-10-5-8(14)4-9(16)6-10/h1-6,17H. The Balaban J connectivity index is 2.40. The molecule has 2 aromatic rings. The van der Waals surface area contributed by atoms with Gasteiger partial charge in [-0.15, -0.1) is 0 Å². The molecule has 0 unspecified atom stereocenters. The predicted octanol–water partition coefficient (Wildman–Crippen LogP) is 4.70. The Kier molecular flexibility index (Phi) is 4.59. The summed E-state index contributed by atoms with van der Waals surface area (Å²) in [7, 11) is -3.92. The normalized spacial score (nSPS) is 11.4. The topological polar surface area (TPSA) is 46.2 Å². The van der Waals surface area contributed by atoms with Crippen LogP contribution >= 0.6 is 39.1 Å². The molecule has 0 aromatic heterocycles. The molecule has 2 rings (SSSR count). The summed E-state index contributed by atoms with van der Waals surface area (Å²) in [5.41, 5.74) is 0.0222. The Bertz CT molecular complexity index is 748. The van der Waals surface area contributed by atoms with Gasteiger partial charge in [-0.2, -0.15) is 0 Å². The molecule has 8 heteroatoms. The number of anilines is 1. The summed E-state index contributed by atoms with van der Waals surface area (Å²) in [4.78, 5) is -0.109. The molecule has 0 radical (unpaired) electrons. The summed E-state index contributed by atoms with van der Waals surface area (Å²) < 4.78 is 40.4. The van der Waals surface area contributed by atoms with E-state index >= 15 is 0 Å². The van der Waals surface area contributed by atoms with Gasteiger partial charge in [-0.1, -0.05) is 39.1 Å². The van der Waals surface area contributed by atoms with Gasteiger partial charge in [0.25, 0.3) is 10.0 Å². The van der Waals surface area contributed by atoms with Crippen LogP contribution in [-0.4, -0.2) is 8.42 Å². The number of benzene rings is 2. The van der Waals surface area contributed by atoms with Crippen LogP contribution in [0, 0.1) is 5.82 Å². The monoisotopic (exact) mass is 397 g/mol. The highest BCUT2D eigenvalue weighted by molar-refractivity contribution is 9.10. The first kappa shape index (κ1) is 15.6. The number of rotatable bonds is 3. The van der Waals surface area contributed by atoms with Gasteiger partial charge in [0.05, 0.1) is 10.7 Å². The van der Waals surface area contributed by atoms with E-state index in [9.17, 15) is 12.8 Å². The van der Waals surface area contributed by atoms with Crippen molar-refractivity contribution in [1.82, 2.24) is 0 Å². The first-order valence-corrected chi connectivity index (χ1v) is 8.25. The van der Waals surface area contributed by atoms with Crippen molar-refractivity contribution in [2.24, 2.45) is 0 Å². The van der Waals surface area contributed by atoms with Crippen molar-refractivity contribution >= 4 is 54.8 Å². The second-order valence-corrected chi connectivity index (χ2v) is 7.25. The molecule has 1 N–H and O–H groups in total. The Labute approximate surface area is 133 Å². The number of nitrogens with one attached hydrogen (secondary N) is 1. The van der Waals surface area contributed by atoms with Crippen molar-refractivity contribution in [2.75, 3.05) is 4.72 Å². The highest BCUT2D eigenvalue weighted by Crippen LogP contribution is 2.27. The molecule has 0 aliphatic rings. The second kappa shape index (κ2) is 5.89. The molecule has 0 heterocycles. The zero-order valence-electron chi connectivity index (χ0n) is 9.70. The van der Waals surface area contributed by atoms with E-state index in [1.54, 1.807) is 6.07 Å². The SMILES string of the molecule is O=S(=O)(Nc1cc(F)cc(Cl)c1)c1ccc(Br)cc1Cl. The predicted molar refractivity (Wildman–Crippen MR) is 81.4 cm³/mol. The van der Waals surface area contributed by atoms with Gasteiger partial charge in [0, 0.05) is 9.50 Å². The van der Waals surface area contributed by atoms with Crippen LogP contribution in [0.1, 0.15) is 0 Å². The number of hydrogen-bond donors (Lipinski definition) is 1. The first-order valence-electron chi connectivity index (χ1n) is 5.22. The van der Waals surface area contributed by atoms with E-state index in [1.165, 1.54) is 18.2 Å². The lowest BCUT2D eigenvalue weighted by Crippen LogP contribution is -2.13. The molecule has 0 atom stereocenters. The van der Waals surface area contributed by atoms with E-state index in [0.717, 1.165) is 12.1 Å². The fourth-order valence-electron chi connectivity index (χ4n) is 1.52. The first-order chi connectivity index (χ1) is 9.28. The maximum absolute atomic E-state index is 13.2. The number of sulfonamides is 1. The van der Waals surface area contributed by atoms with Gasteiger partial charge in [0.15, 0.2) is 0 Å². The molecule has 2 aromatic carbocycles. The number of halogens is 4. The Morgan fingerprint density at radius 1 is 1.10 bits per heavy atom. The van der Waals surface area contributed by atoms with Crippen LogP contribution < -0.4 is 4.72 Å². The summed E-state index contributed by atoms with van der Waals surface area (Å²) in [6.07, 6.45) is 0. The van der Waals surface area contributed by atoms with Crippen LogP contribution in [0.3, 0.4) is 0 Å². The minimum absolute atomic E-state index is 0.0222.